The Balaban J connectivity index is 0.962. The second-order valence-corrected chi connectivity index (χ2v) is 13.3. The van der Waals surface area contributed by atoms with Crippen molar-refractivity contribution < 1.29 is 0 Å². The summed E-state index contributed by atoms with van der Waals surface area (Å²) in [5.74, 6) is 0. The second-order valence-electron chi connectivity index (χ2n) is 12.3. The monoisotopic (exact) mass is 719 g/mol. The van der Waals surface area contributed by atoms with E-state index < -0.39 is 0 Å². The van der Waals surface area contributed by atoms with Crippen molar-refractivity contribution in [2.45, 2.75) is 0 Å². The first-order valence-corrected chi connectivity index (χ1v) is 18.5. The third kappa shape index (κ3) is 6.62. The molecular formula is C44H29N7S2. The van der Waals surface area contributed by atoms with E-state index in [1.807, 2.05) is 42.5 Å². The average molecular weight is 720 g/mol. The van der Waals surface area contributed by atoms with E-state index in [-0.39, 0.29) is 0 Å². The highest BCUT2D eigenvalue weighted by Gasteiger charge is 2.14. The van der Waals surface area contributed by atoms with Gasteiger partial charge in [-0.25, -0.2) is 0 Å². The fourth-order valence-electron chi connectivity index (χ4n) is 6.36. The summed E-state index contributed by atoms with van der Waals surface area (Å²) in [5.41, 5.74) is 14.7. The number of hydrogen-bond donors (Lipinski definition) is 0. The van der Waals surface area contributed by atoms with Crippen LogP contribution in [0, 0.1) is 0 Å². The van der Waals surface area contributed by atoms with Gasteiger partial charge in [-0.15, -0.1) is 0 Å². The Morgan fingerprint density at radius 1 is 0.377 bits per heavy atom. The third-order valence-electron chi connectivity index (χ3n) is 9.00. The lowest BCUT2D eigenvalue weighted by Gasteiger charge is -2.25. The quantitative estimate of drug-likeness (QED) is 0.137. The molecule has 5 aromatic carbocycles. The molecule has 0 atom stereocenters. The van der Waals surface area contributed by atoms with Crippen molar-refractivity contribution in [2.75, 3.05) is 4.90 Å². The molecule has 0 amide bonds. The molecule has 4 heterocycles. The zero-order chi connectivity index (χ0) is 35.4. The van der Waals surface area contributed by atoms with Gasteiger partial charge >= 0.3 is 0 Å². The van der Waals surface area contributed by atoms with Crippen molar-refractivity contribution in [1.29, 1.82) is 0 Å². The zero-order valence-electron chi connectivity index (χ0n) is 28.2. The molecule has 0 unspecified atom stereocenters. The van der Waals surface area contributed by atoms with Crippen LogP contribution in [0.5, 0.6) is 0 Å². The standard InChI is InChI=1S/C44H29N7S2/c1-2-8-34(9-3-1)51(35-22-14-30(15-23-35)12-18-32-20-26-37(39-10-4-6-28-45-39)43-41(32)47-52-49-43)36-24-16-31(17-25-36)13-19-33-21-27-38(40-11-5-7-29-46-40)44-42(33)48-53-50-44/h1-29H/b18-12+,19-13+. The molecule has 252 valence electrons. The molecule has 0 saturated heterocycles. The van der Waals surface area contributed by atoms with Crippen LogP contribution in [-0.4, -0.2) is 27.5 Å². The molecule has 0 aliphatic rings. The molecule has 0 spiro atoms. The molecule has 4 aromatic heterocycles. The lowest BCUT2D eigenvalue weighted by atomic mass is 10.0. The normalized spacial score (nSPS) is 11.6. The van der Waals surface area contributed by atoms with E-state index in [9.17, 15) is 0 Å². The third-order valence-corrected chi connectivity index (χ3v) is 10.1. The van der Waals surface area contributed by atoms with Gasteiger partial charge in [0.05, 0.1) is 34.8 Å². The van der Waals surface area contributed by atoms with E-state index in [0.717, 1.165) is 83.9 Å². The summed E-state index contributed by atoms with van der Waals surface area (Å²) in [6.07, 6.45) is 12.0. The van der Waals surface area contributed by atoms with Crippen molar-refractivity contribution in [1.82, 2.24) is 27.5 Å². The van der Waals surface area contributed by atoms with Crippen molar-refractivity contribution in [3.63, 3.8) is 0 Å². The molecule has 0 N–H and O–H groups in total. The first-order valence-electron chi connectivity index (χ1n) is 17.0. The molecule has 0 radical (unpaired) electrons. The van der Waals surface area contributed by atoms with Gasteiger partial charge in [0.1, 0.15) is 22.1 Å². The number of para-hydroxylation sites is 1. The minimum Gasteiger partial charge on any atom is -0.311 e. The number of anilines is 3. The first-order chi connectivity index (χ1) is 26.3. The van der Waals surface area contributed by atoms with Gasteiger partial charge in [0.15, 0.2) is 0 Å². The molecular weight excluding hydrogens is 691 g/mol. The van der Waals surface area contributed by atoms with Crippen molar-refractivity contribution in [3.8, 4) is 22.5 Å². The highest BCUT2D eigenvalue weighted by atomic mass is 32.1. The summed E-state index contributed by atoms with van der Waals surface area (Å²) in [6, 6.07) is 47.8. The Hall–Kier alpha value is -6.68. The van der Waals surface area contributed by atoms with Gasteiger partial charge in [0, 0.05) is 51.7 Å². The highest BCUT2D eigenvalue weighted by Crippen LogP contribution is 2.36. The van der Waals surface area contributed by atoms with Gasteiger partial charge < -0.3 is 4.90 Å². The van der Waals surface area contributed by atoms with Gasteiger partial charge in [-0.3, -0.25) is 9.97 Å². The van der Waals surface area contributed by atoms with Crippen LogP contribution in [0.4, 0.5) is 17.1 Å². The van der Waals surface area contributed by atoms with Crippen molar-refractivity contribution in [2.24, 2.45) is 0 Å². The van der Waals surface area contributed by atoms with Crippen LogP contribution in [0.2, 0.25) is 0 Å². The maximum atomic E-state index is 4.61. The van der Waals surface area contributed by atoms with Crippen LogP contribution >= 0.6 is 23.5 Å². The number of pyridine rings is 2. The Morgan fingerprint density at radius 3 is 1.26 bits per heavy atom. The maximum absolute atomic E-state index is 4.61. The molecule has 7 nitrogen and oxygen atoms in total. The Bertz CT molecular complexity index is 2540. The Morgan fingerprint density at radius 2 is 0.811 bits per heavy atom. The lowest BCUT2D eigenvalue weighted by Crippen LogP contribution is -2.09. The SMILES string of the molecule is C(=C\c1ccc(-c2ccccn2)c2nsnc12)/c1ccc(N(c2ccccc2)c2ccc(/C=C/c3ccc(-c4ccccn4)c4nsnc34)cc2)cc1. The van der Waals surface area contributed by atoms with E-state index in [1.165, 1.54) is 23.5 Å². The second kappa shape index (κ2) is 14.5. The number of aromatic nitrogens is 6. The first kappa shape index (κ1) is 32.2. The fraction of sp³-hybridized carbons (Fsp3) is 0. The predicted molar refractivity (Wildman–Crippen MR) is 220 cm³/mol. The van der Waals surface area contributed by atoms with E-state index in [0.29, 0.717) is 0 Å². The summed E-state index contributed by atoms with van der Waals surface area (Å²) >= 11 is 2.45. The van der Waals surface area contributed by atoms with Crippen LogP contribution in [0.15, 0.2) is 152 Å². The van der Waals surface area contributed by atoms with Gasteiger partial charge in [-0.2, -0.15) is 17.5 Å². The molecule has 0 aliphatic carbocycles. The summed E-state index contributed by atoms with van der Waals surface area (Å²) in [5, 5.41) is 0. The molecule has 0 fully saturated rings. The number of rotatable bonds is 9. The van der Waals surface area contributed by atoms with E-state index in [4.69, 9.17) is 0 Å². The minimum atomic E-state index is 0.871. The Kier molecular flexibility index (Phi) is 8.83. The minimum absolute atomic E-state index is 0.871. The summed E-state index contributed by atoms with van der Waals surface area (Å²) < 4.78 is 18.4. The van der Waals surface area contributed by atoms with Crippen LogP contribution in [-0.2, 0) is 0 Å². The zero-order valence-corrected chi connectivity index (χ0v) is 29.8. The summed E-state index contributed by atoms with van der Waals surface area (Å²) in [7, 11) is 0. The summed E-state index contributed by atoms with van der Waals surface area (Å²) in [6.45, 7) is 0. The van der Waals surface area contributed by atoms with Crippen LogP contribution in [0.1, 0.15) is 22.3 Å². The molecule has 0 aliphatic heterocycles. The van der Waals surface area contributed by atoms with E-state index in [1.54, 1.807) is 12.4 Å². The average Bonchev–Trinajstić information content (AvgIpc) is 3.93. The molecule has 53 heavy (non-hydrogen) atoms. The van der Waals surface area contributed by atoms with Crippen LogP contribution < -0.4 is 4.90 Å². The summed E-state index contributed by atoms with van der Waals surface area (Å²) in [4.78, 5) is 11.3. The topological polar surface area (TPSA) is 80.6 Å². The van der Waals surface area contributed by atoms with Crippen LogP contribution in [0.25, 0.3) is 68.9 Å². The molecule has 9 rings (SSSR count). The molecule has 0 bridgehead atoms. The highest BCUT2D eigenvalue weighted by molar-refractivity contribution is 7.00. The number of hydrogen-bond acceptors (Lipinski definition) is 9. The van der Waals surface area contributed by atoms with Gasteiger partial charge in [-0.1, -0.05) is 91.0 Å². The molecule has 0 saturated carbocycles. The van der Waals surface area contributed by atoms with E-state index in [2.05, 4.69) is 154 Å². The largest absolute Gasteiger partial charge is 0.311 e. The number of nitrogens with zero attached hydrogens (tertiary/aromatic N) is 7. The van der Waals surface area contributed by atoms with Gasteiger partial charge in [-0.05, 0) is 83.9 Å². The van der Waals surface area contributed by atoms with Crippen molar-refractivity contribution in [3.05, 3.63) is 174 Å². The molecule has 9 aromatic rings. The van der Waals surface area contributed by atoms with E-state index >= 15 is 0 Å². The number of benzene rings is 5. The molecule has 9 heteroatoms. The number of fused-ring (bicyclic) bond motifs is 2. The van der Waals surface area contributed by atoms with Crippen LogP contribution in [0.3, 0.4) is 0 Å². The van der Waals surface area contributed by atoms with Gasteiger partial charge in [0.2, 0.25) is 0 Å². The maximum Gasteiger partial charge on any atom is 0.114 e. The Labute approximate surface area is 314 Å². The predicted octanol–water partition coefficient (Wildman–Crippen LogP) is 11.6. The fourth-order valence-corrected chi connectivity index (χ4v) is 7.52. The van der Waals surface area contributed by atoms with Gasteiger partial charge in [0.25, 0.3) is 0 Å². The van der Waals surface area contributed by atoms with Crippen molar-refractivity contribution >= 4 is 86.9 Å². The smallest absolute Gasteiger partial charge is 0.114 e. The lowest BCUT2D eigenvalue weighted by molar-refractivity contribution is 1.28.